The van der Waals surface area contributed by atoms with E-state index in [9.17, 15) is 13.2 Å². The van der Waals surface area contributed by atoms with Gasteiger partial charge in [-0.05, 0) is 53.8 Å². The number of methoxy groups -OCH3 is 2. The van der Waals surface area contributed by atoms with Crippen LogP contribution >= 0.6 is 15.9 Å². The lowest BCUT2D eigenvalue weighted by Crippen LogP contribution is -2.37. The van der Waals surface area contributed by atoms with E-state index in [0.29, 0.717) is 5.75 Å². The summed E-state index contributed by atoms with van der Waals surface area (Å²) in [5.41, 5.74) is 3.46. The molecule has 9 heteroatoms. The number of benzene rings is 3. The average Bonchev–Trinajstić information content (AvgIpc) is 2.88. The summed E-state index contributed by atoms with van der Waals surface area (Å²) in [7, 11) is -1.13. The summed E-state index contributed by atoms with van der Waals surface area (Å²) in [4.78, 5) is 13.3. The molecule has 0 saturated carbocycles. The molecular formula is C27H31BrN2O5S. The van der Waals surface area contributed by atoms with Crippen LogP contribution in [0.5, 0.6) is 11.5 Å². The summed E-state index contributed by atoms with van der Waals surface area (Å²) in [6.07, 6.45) is 1.44. The van der Waals surface area contributed by atoms with Gasteiger partial charge in [0.05, 0.1) is 25.7 Å². The predicted octanol–water partition coefficient (Wildman–Crippen LogP) is 5.42. The van der Waals surface area contributed by atoms with Gasteiger partial charge in [-0.1, -0.05) is 60.1 Å². The third-order valence-corrected chi connectivity index (χ3v) is 8.05. The fraction of sp³-hybridized carbons (Fsp3) is 0.296. The SMILES string of the molecule is CCc1cc(Br)cc(CC)c1NC(=O)CN(Cc1ccccc1)S(=O)(=O)c1ccc(OC)c(OC)c1. The summed E-state index contributed by atoms with van der Waals surface area (Å²) in [5, 5.41) is 2.98. The Morgan fingerprint density at radius 1 is 0.917 bits per heavy atom. The summed E-state index contributed by atoms with van der Waals surface area (Å²) < 4.78 is 40.1. The Kier molecular flexibility index (Phi) is 9.53. The number of hydrogen-bond acceptors (Lipinski definition) is 5. The first-order valence-corrected chi connectivity index (χ1v) is 13.8. The van der Waals surface area contributed by atoms with Crippen LogP contribution in [0.3, 0.4) is 0 Å². The van der Waals surface area contributed by atoms with Gasteiger partial charge in [-0.25, -0.2) is 8.42 Å². The lowest BCUT2D eigenvalue weighted by molar-refractivity contribution is -0.116. The number of ether oxygens (including phenoxy) is 2. The summed E-state index contributed by atoms with van der Waals surface area (Å²) in [6.45, 7) is 3.71. The van der Waals surface area contributed by atoms with Crippen LogP contribution in [-0.2, 0) is 34.2 Å². The van der Waals surface area contributed by atoms with Crippen LogP contribution < -0.4 is 14.8 Å². The van der Waals surface area contributed by atoms with E-state index in [1.54, 1.807) is 0 Å². The van der Waals surface area contributed by atoms with Crippen molar-refractivity contribution < 1.29 is 22.7 Å². The highest BCUT2D eigenvalue weighted by molar-refractivity contribution is 9.10. The molecule has 0 bridgehead atoms. The van der Waals surface area contributed by atoms with Crippen molar-refractivity contribution in [2.24, 2.45) is 0 Å². The van der Waals surface area contributed by atoms with Crippen LogP contribution in [-0.4, -0.2) is 39.4 Å². The van der Waals surface area contributed by atoms with Crippen LogP contribution in [0.15, 0.2) is 70.0 Å². The Hall–Kier alpha value is -2.88. The number of halogens is 1. The topological polar surface area (TPSA) is 84.9 Å². The van der Waals surface area contributed by atoms with Gasteiger partial charge in [0.15, 0.2) is 11.5 Å². The fourth-order valence-corrected chi connectivity index (χ4v) is 5.87. The molecule has 36 heavy (non-hydrogen) atoms. The van der Waals surface area contributed by atoms with Crippen LogP contribution in [0, 0.1) is 0 Å². The maximum Gasteiger partial charge on any atom is 0.243 e. The quantitative estimate of drug-likeness (QED) is 0.330. The monoisotopic (exact) mass is 574 g/mol. The van der Waals surface area contributed by atoms with Crippen LogP contribution in [0.1, 0.15) is 30.5 Å². The van der Waals surface area contributed by atoms with Gasteiger partial charge in [-0.3, -0.25) is 4.79 Å². The number of aryl methyl sites for hydroxylation is 2. The van der Waals surface area contributed by atoms with Gasteiger partial charge in [0.2, 0.25) is 15.9 Å². The molecule has 0 heterocycles. The van der Waals surface area contributed by atoms with E-state index >= 15 is 0 Å². The van der Waals surface area contributed by atoms with Gasteiger partial charge >= 0.3 is 0 Å². The second kappa shape index (κ2) is 12.4. The molecule has 7 nitrogen and oxygen atoms in total. The minimum atomic E-state index is -4.05. The van der Waals surface area contributed by atoms with Crippen molar-refractivity contribution in [1.29, 1.82) is 0 Å². The highest BCUT2D eigenvalue weighted by Gasteiger charge is 2.28. The molecule has 0 aliphatic heterocycles. The Balaban J connectivity index is 1.97. The van der Waals surface area contributed by atoms with Gasteiger partial charge < -0.3 is 14.8 Å². The fourth-order valence-electron chi connectivity index (χ4n) is 3.92. The molecule has 0 spiro atoms. The summed E-state index contributed by atoms with van der Waals surface area (Å²) in [6, 6.07) is 17.5. The molecule has 0 radical (unpaired) electrons. The number of nitrogens with zero attached hydrogens (tertiary/aromatic N) is 1. The van der Waals surface area contributed by atoms with E-state index in [0.717, 1.165) is 39.7 Å². The number of carbonyl (C=O) groups is 1. The van der Waals surface area contributed by atoms with Crippen LogP contribution in [0.2, 0.25) is 0 Å². The van der Waals surface area contributed by atoms with E-state index in [1.165, 1.54) is 36.7 Å². The molecule has 0 aromatic heterocycles. The van der Waals surface area contributed by atoms with Crippen molar-refractivity contribution >= 4 is 37.5 Å². The maximum absolute atomic E-state index is 13.7. The van der Waals surface area contributed by atoms with E-state index in [4.69, 9.17) is 9.47 Å². The smallest absolute Gasteiger partial charge is 0.243 e. The van der Waals surface area contributed by atoms with Crippen molar-refractivity contribution in [3.63, 3.8) is 0 Å². The van der Waals surface area contributed by atoms with Gasteiger partial charge in [0.1, 0.15) is 0 Å². The first-order valence-electron chi connectivity index (χ1n) is 11.6. The number of carbonyl (C=O) groups excluding carboxylic acids is 1. The van der Waals surface area contributed by atoms with Crippen LogP contribution in [0.25, 0.3) is 0 Å². The number of rotatable bonds is 11. The lowest BCUT2D eigenvalue weighted by Gasteiger charge is -2.23. The van der Waals surface area contributed by atoms with E-state index < -0.39 is 15.9 Å². The van der Waals surface area contributed by atoms with E-state index in [-0.39, 0.29) is 23.7 Å². The molecule has 0 atom stereocenters. The second-order valence-corrected chi connectivity index (χ2v) is 11.0. The minimum Gasteiger partial charge on any atom is -0.493 e. The number of amides is 1. The highest BCUT2D eigenvalue weighted by atomic mass is 79.9. The number of nitrogens with one attached hydrogen (secondary N) is 1. The van der Waals surface area contributed by atoms with E-state index in [2.05, 4.69) is 21.2 Å². The van der Waals surface area contributed by atoms with Crippen molar-refractivity contribution in [3.8, 4) is 11.5 Å². The van der Waals surface area contributed by atoms with E-state index in [1.807, 2.05) is 56.3 Å². The van der Waals surface area contributed by atoms with Crippen molar-refractivity contribution in [2.75, 3.05) is 26.1 Å². The summed E-state index contributed by atoms with van der Waals surface area (Å²) in [5.74, 6) is 0.290. The standard InChI is InChI=1S/C27H31BrN2O5S/c1-5-20-14-22(28)15-21(6-2)27(20)29-26(31)18-30(17-19-10-8-7-9-11-19)36(32,33)23-12-13-24(34-3)25(16-23)35-4/h7-16H,5-6,17-18H2,1-4H3,(H,29,31). The lowest BCUT2D eigenvalue weighted by atomic mass is 10.0. The number of sulfonamides is 1. The Morgan fingerprint density at radius 2 is 1.53 bits per heavy atom. The Labute approximate surface area is 221 Å². The molecule has 0 unspecified atom stereocenters. The van der Waals surface area contributed by atoms with Crippen molar-refractivity contribution in [2.45, 2.75) is 38.1 Å². The minimum absolute atomic E-state index is 0.0102. The average molecular weight is 576 g/mol. The molecule has 0 saturated heterocycles. The molecule has 0 fully saturated rings. The van der Waals surface area contributed by atoms with Crippen molar-refractivity contribution in [1.82, 2.24) is 4.31 Å². The largest absolute Gasteiger partial charge is 0.493 e. The van der Waals surface area contributed by atoms with Gasteiger partial charge in [0.25, 0.3) is 0 Å². The molecule has 0 aliphatic carbocycles. The van der Waals surface area contributed by atoms with Crippen molar-refractivity contribution in [3.05, 3.63) is 81.8 Å². The molecule has 1 N–H and O–H groups in total. The first kappa shape index (κ1) is 27.7. The third-order valence-electron chi connectivity index (χ3n) is 5.81. The zero-order valence-electron chi connectivity index (χ0n) is 20.9. The normalized spacial score (nSPS) is 11.4. The van der Waals surface area contributed by atoms with Gasteiger partial charge in [0, 0.05) is 22.8 Å². The van der Waals surface area contributed by atoms with Gasteiger partial charge in [-0.15, -0.1) is 0 Å². The Bertz CT molecular complexity index is 1290. The Morgan fingerprint density at radius 3 is 2.08 bits per heavy atom. The molecule has 0 aliphatic rings. The maximum atomic E-state index is 13.7. The molecule has 192 valence electrons. The molecule has 1 amide bonds. The molecule has 3 aromatic rings. The highest BCUT2D eigenvalue weighted by Crippen LogP contribution is 2.31. The second-order valence-electron chi connectivity index (χ2n) is 8.13. The zero-order valence-corrected chi connectivity index (χ0v) is 23.3. The van der Waals surface area contributed by atoms with Crippen LogP contribution in [0.4, 0.5) is 5.69 Å². The molecule has 3 rings (SSSR count). The first-order chi connectivity index (χ1) is 17.2. The zero-order chi connectivity index (χ0) is 26.3. The van der Waals surface area contributed by atoms with Gasteiger partial charge in [-0.2, -0.15) is 4.31 Å². The number of hydrogen-bond donors (Lipinski definition) is 1. The predicted molar refractivity (Wildman–Crippen MR) is 145 cm³/mol. The molecule has 3 aromatic carbocycles. The third kappa shape index (κ3) is 6.46. The molecular weight excluding hydrogens is 544 g/mol. The summed E-state index contributed by atoms with van der Waals surface area (Å²) >= 11 is 3.53. The number of anilines is 1.